The molecule has 0 bridgehead atoms. The normalized spacial score (nSPS) is 12.5. The third kappa shape index (κ3) is 4.85. The Morgan fingerprint density at radius 2 is 1.95 bits per heavy atom. The number of aliphatic hydroxyl groups excluding tert-OH is 1. The van der Waals surface area contributed by atoms with Gasteiger partial charge in [0.2, 0.25) is 0 Å². The van der Waals surface area contributed by atoms with Crippen LogP contribution < -0.4 is 16.6 Å². The molecule has 0 aliphatic carbocycles. The molecule has 0 spiro atoms. The summed E-state index contributed by atoms with van der Waals surface area (Å²) in [6.07, 6.45) is 3.46. The molecule has 19 heavy (non-hydrogen) atoms. The number of rotatable bonds is 8. The Kier molecular flexibility index (Phi) is 6.90. The highest BCUT2D eigenvalue weighted by Gasteiger charge is 2.15. The number of nitrogens with zero attached hydrogens (tertiary/aromatic N) is 2. The van der Waals surface area contributed by atoms with E-state index in [1.807, 2.05) is 6.26 Å². The molecule has 1 unspecified atom stereocenters. The molecule has 0 saturated heterocycles. The third-order valence-electron chi connectivity index (χ3n) is 3.12. The van der Waals surface area contributed by atoms with Crippen molar-refractivity contribution >= 4 is 23.4 Å². The smallest absolute Gasteiger partial charge is 0.191 e. The number of nitrogen functional groups attached to an aromatic ring is 1. The van der Waals surface area contributed by atoms with Gasteiger partial charge in [0.1, 0.15) is 11.6 Å². The molecular formula is C12H23N5OS. The van der Waals surface area contributed by atoms with Crippen LogP contribution >= 0.6 is 11.8 Å². The van der Waals surface area contributed by atoms with Gasteiger partial charge in [-0.1, -0.05) is 38.5 Å². The van der Waals surface area contributed by atoms with E-state index in [9.17, 15) is 5.11 Å². The first kappa shape index (κ1) is 16.0. The van der Waals surface area contributed by atoms with Gasteiger partial charge in [-0.2, -0.15) is 0 Å². The van der Waals surface area contributed by atoms with E-state index in [1.54, 1.807) is 6.07 Å². The van der Waals surface area contributed by atoms with Crippen LogP contribution in [0.15, 0.2) is 11.2 Å². The minimum Gasteiger partial charge on any atom is -0.391 e. The number of nitrogens with one attached hydrogen (secondary N) is 2. The van der Waals surface area contributed by atoms with E-state index >= 15 is 0 Å². The van der Waals surface area contributed by atoms with Gasteiger partial charge in [-0.05, 0) is 12.2 Å². The maximum Gasteiger partial charge on any atom is 0.191 e. The van der Waals surface area contributed by atoms with Crippen molar-refractivity contribution in [2.24, 2.45) is 11.8 Å². The van der Waals surface area contributed by atoms with E-state index in [0.29, 0.717) is 29.3 Å². The molecule has 6 nitrogen and oxygen atoms in total. The minimum atomic E-state index is -0.378. The first-order valence-electron chi connectivity index (χ1n) is 6.46. The van der Waals surface area contributed by atoms with E-state index in [2.05, 4.69) is 34.6 Å². The molecule has 108 valence electrons. The highest BCUT2D eigenvalue weighted by molar-refractivity contribution is 7.98. The van der Waals surface area contributed by atoms with Crippen molar-refractivity contribution in [3.05, 3.63) is 6.07 Å². The Hall–Kier alpha value is -1.05. The number of anilines is 2. The molecule has 0 aromatic carbocycles. The molecule has 5 N–H and O–H groups in total. The van der Waals surface area contributed by atoms with Crippen LogP contribution in [0.3, 0.4) is 0 Å². The molecule has 1 atom stereocenters. The fourth-order valence-corrected chi connectivity index (χ4v) is 2.27. The number of hydrogen-bond donors (Lipinski definition) is 4. The lowest BCUT2D eigenvalue weighted by Gasteiger charge is -2.20. The Balaban J connectivity index is 2.66. The van der Waals surface area contributed by atoms with Gasteiger partial charge in [0.15, 0.2) is 5.16 Å². The number of thioether (sulfide) groups is 1. The molecule has 0 fully saturated rings. The molecule has 1 heterocycles. The highest BCUT2D eigenvalue weighted by Crippen LogP contribution is 2.18. The van der Waals surface area contributed by atoms with Crippen LogP contribution in [0, 0.1) is 5.92 Å². The number of aliphatic hydroxyl groups is 1. The van der Waals surface area contributed by atoms with E-state index in [1.165, 1.54) is 11.8 Å². The highest BCUT2D eigenvalue weighted by atomic mass is 32.2. The Bertz CT molecular complexity index is 364. The van der Waals surface area contributed by atoms with Crippen molar-refractivity contribution in [2.75, 3.05) is 23.5 Å². The molecule has 0 aliphatic heterocycles. The van der Waals surface area contributed by atoms with Crippen LogP contribution in [0.1, 0.15) is 26.7 Å². The summed E-state index contributed by atoms with van der Waals surface area (Å²) in [5.74, 6) is 6.89. The number of hydrazine groups is 1. The Morgan fingerprint density at radius 3 is 2.47 bits per heavy atom. The predicted octanol–water partition coefficient (Wildman–Crippen LogP) is 1.69. The van der Waals surface area contributed by atoms with Crippen molar-refractivity contribution in [3.63, 3.8) is 0 Å². The first-order valence-corrected chi connectivity index (χ1v) is 7.68. The summed E-state index contributed by atoms with van der Waals surface area (Å²) in [5, 5.41) is 13.8. The third-order valence-corrected chi connectivity index (χ3v) is 3.67. The Morgan fingerprint density at radius 1 is 1.32 bits per heavy atom. The lowest BCUT2D eigenvalue weighted by Crippen LogP contribution is -2.28. The van der Waals surface area contributed by atoms with Crippen LogP contribution in [-0.2, 0) is 0 Å². The molecule has 0 radical (unpaired) electrons. The summed E-state index contributed by atoms with van der Waals surface area (Å²) >= 11 is 1.44. The van der Waals surface area contributed by atoms with Gasteiger partial charge < -0.3 is 15.8 Å². The lowest BCUT2D eigenvalue weighted by molar-refractivity contribution is 0.114. The van der Waals surface area contributed by atoms with Gasteiger partial charge in [0.25, 0.3) is 0 Å². The molecule has 1 aromatic rings. The summed E-state index contributed by atoms with van der Waals surface area (Å²) in [7, 11) is 0. The zero-order chi connectivity index (χ0) is 14.3. The summed E-state index contributed by atoms with van der Waals surface area (Å²) in [4.78, 5) is 8.50. The second-order valence-electron chi connectivity index (χ2n) is 4.29. The molecule has 7 heteroatoms. The van der Waals surface area contributed by atoms with Crippen LogP contribution in [0.2, 0.25) is 0 Å². The summed E-state index contributed by atoms with van der Waals surface area (Å²) in [6, 6.07) is 1.72. The van der Waals surface area contributed by atoms with E-state index < -0.39 is 0 Å². The second kappa shape index (κ2) is 8.19. The number of nitrogens with two attached hydrogens (primary N) is 1. The van der Waals surface area contributed by atoms with Crippen LogP contribution in [0.25, 0.3) is 0 Å². The zero-order valence-corrected chi connectivity index (χ0v) is 12.5. The lowest BCUT2D eigenvalue weighted by atomic mass is 9.97. The maximum absolute atomic E-state index is 10.1. The topological polar surface area (TPSA) is 96.1 Å². The van der Waals surface area contributed by atoms with Gasteiger partial charge in [0, 0.05) is 12.6 Å². The van der Waals surface area contributed by atoms with Gasteiger partial charge in [-0.15, -0.1) is 0 Å². The first-order chi connectivity index (χ1) is 9.14. The average Bonchev–Trinajstić information content (AvgIpc) is 2.45. The van der Waals surface area contributed by atoms with Gasteiger partial charge in [-0.3, -0.25) is 0 Å². The zero-order valence-electron chi connectivity index (χ0n) is 11.7. The minimum absolute atomic E-state index is 0.307. The molecule has 0 aliphatic rings. The van der Waals surface area contributed by atoms with E-state index in [-0.39, 0.29) is 6.10 Å². The molecule has 0 amide bonds. The molecule has 0 saturated carbocycles. The summed E-state index contributed by atoms with van der Waals surface area (Å²) < 4.78 is 0. The number of hydrogen-bond acceptors (Lipinski definition) is 7. The predicted molar refractivity (Wildman–Crippen MR) is 80.2 cm³/mol. The van der Waals surface area contributed by atoms with Gasteiger partial charge >= 0.3 is 0 Å². The molecule has 1 aromatic heterocycles. The van der Waals surface area contributed by atoms with Crippen LogP contribution in [-0.4, -0.2) is 34.0 Å². The summed E-state index contributed by atoms with van der Waals surface area (Å²) in [6.45, 7) is 4.65. The van der Waals surface area contributed by atoms with Gasteiger partial charge in [0.05, 0.1) is 6.10 Å². The van der Waals surface area contributed by atoms with Crippen LogP contribution in [0.5, 0.6) is 0 Å². The maximum atomic E-state index is 10.1. The van der Waals surface area contributed by atoms with Gasteiger partial charge in [-0.25, -0.2) is 15.8 Å². The Labute approximate surface area is 118 Å². The van der Waals surface area contributed by atoms with Crippen molar-refractivity contribution in [3.8, 4) is 0 Å². The number of aromatic nitrogens is 2. The van der Waals surface area contributed by atoms with Crippen molar-refractivity contribution in [1.29, 1.82) is 0 Å². The molecular weight excluding hydrogens is 262 g/mol. The standard InChI is InChI=1S/C12H23N5OS/c1-4-8(5-2)9(18)7-14-10-6-11(17-13)16-12(15-10)19-3/h6,8-9,18H,4-5,7,13H2,1-3H3,(H2,14,15,16,17). The SMILES string of the molecule is CCC(CC)C(O)CNc1cc(NN)nc(SC)n1. The quantitative estimate of drug-likeness (QED) is 0.250. The van der Waals surface area contributed by atoms with Crippen molar-refractivity contribution in [2.45, 2.75) is 37.9 Å². The van der Waals surface area contributed by atoms with Crippen molar-refractivity contribution < 1.29 is 5.11 Å². The fraction of sp³-hybridized carbons (Fsp3) is 0.667. The monoisotopic (exact) mass is 285 g/mol. The van der Waals surface area contributed by atoms with Crippen molar-refractivity contribution in [1.82, 2.24) is 9.97 Å². The average molecular weight is 285 g/mol. The summed E-state index contributed by atoms with van der Waals surface area (Å²) in [5.41, 5.74) is 2.51. The fourth-order valence-electron chi connectivity index (χ4n) is 1.89. The largest absolute Gasteiger partial charge is 0.391 e. The van der Waals surface area contributed by atoms with Crippen LogP contribution in [0.4, 0.5) is 11.6 Å². The molecule has 1 rings (SSSR count). The van der Waals surface area contributed by atoms with E-state index in [0.717, 1.165) is 12.8 Å². The second-order valence-corrected chi connectivity index (χ2v) is 5.07. The van der Waals surface area contributed by atoms with E-state index in [4.69, 9.17) is 5.84 Å².